The largest absolute Gasteiger partial charge is 0.326 e. The number of rotatable bonds is 6. The molecule has 2 aromatic carbocycles. The molecule has 0 spiro atoms. The van der Waals surface area contributed by atoms with Crippen LogP contribution in [0.25, 0.3) is 16.9 Å². The van der Waals surface area contributed by atoms with Crippen molar-refractivity contribution in [3.63, 3.8) is 0 Å². The molecule has 0 saturated carbocycles. The quantitative estimate of drug-likeness (QED) is 0.450. The molecule has 0 atom stereocenters. The van der Waals surface area contributed by atoms with Gasteiger partial charge in [0, 0.05) is 23.9 Å². The smallest absolute Gasteiger partial charge is 0.234 e. The van der Waals surface area contributed by atoms with Gasteiger partial charge in [0.2, 0.25) is 17.0 Å². The van der Waals surface area contributed by atoms with Gasteiger partial charge in [-0.2, -0.15) is 9.61 Å². The highest BCUT2D eigenvalue weighted by Gasteiger charge is 2.12. The first-order valence-corrected chi connectivity index (χ1v) is 10.6. The molecule has 0 bridgehead atoms. The monoisotopic (exact) mass is 432 g/mol. The number of hydrogen-bond donors (Lipinski definition) is 2. The molecule has 2 aromatic heterocycles. The Morgan fingerprint density at radius 2 is 1.71 bits per heavy atom. The molecular formula is C22H20N6O2S. The van der Waals surface area contributed by atoms with Crippen molar-refractivity contribution in [3.8, 4) is 11.3 Å². The summed E-state index contributed by atoms with van der Waals surface area (Å²) in [7, 11) is 0. The molecule has 2 amide bonds. The number of nitrogens with one attached hydrogen (secondary N) is 2. The first kappa shape index (κ1) is 20.5. The average Bonchev–Trinajstić information content (AvgIpc) is 3.15. The van der Waals surface area contributed by atoms with Crippen LogP contribution in [0.15, 0.2) is 65.8 Å². The fraction of sp³-hybridized carbons (Fsp3) is 0.136. The van der Waals surface area contributed by atoms with Crippen molar-refractivity contribution in [3.05, 3.63) is 66.2 Å². The van der Waals surface area contributed by atoms with E-state index in [1.165, 1.54) is 24.2 Å². The van der Waals surface area contributed by atoms with E-state index in [0.29, 0.717) is 22.2 Å². The Kier molecular flexibility index (Phi) is 5.94. The number of nitrogens with zero attached hydrogens (tertiary/aromatic N) is 4. The SMILES string of the molecule is CC(=O)Nc1cccc(NC(=O)CSc2nnc3ccc(-c4ccc(C)cc4)nn23)c1. The Labute approximate surface area is 183 Å². The van der Waals surface area contributed by atoms with Gasteiger partial charge in [-0.05, 0) is 37.3 Å². The van der Waals surface area contributed by atoms with Crippen molar-refractivity contribution in [1.82, 2.24) is 19.8 Å². The van der Waals surface area contributed by atoms with E-state index in [9.17, 15) is 9.59 Å². The molecule has 0 aliphatic heterocycles. The van der Waals surface area contributed by atoms with Crippen LogP contribution in [0.1, 0.15) is 12.5 Å². The van der Waals surface area contributed by atoms with Gasteiger partial charge in [-0.15, -0.1) is 10.2 Å². The van der Waals surface area contributed by atoms with E-state index in [-0.39, 0.29) is 17.6 Å². The number of aromatic nitrogens is 4. The number of hydrogen-bond acceptors (Lipinski definition) is 6. The Hall–Kier alpha value is -3.72. The van der Waals surface area contributed by atoms with E-state index in [1.54, 1.807) is 28.8 Å². The molecule has 0 aliphatic carbocycles. The minimum Gasteiger partial charge on any atom is -0.326 e. The van der Waals surface area contributed by atoms with E-state index in [1.807, 2.05) is 43.3 Å². The summed E-state index contributed by atoms with van der Waals surface area (Å²) in [4.78, 5) is 23.6. The van der Waals surface area contributed by atoms with Gasteiger partial charge in [0.25, 0.3) is 0 Å². The molecule has 2 heterocycles. The third-order valence-corrected chi connectivity index (χ3v) is 5.30. The van der Waals surface area contributed by atoms with Crippen molar-refractivity contribution < 1.29 is 9.59 Å². The molecule has 0 fully saturated rings. The number of fused-ring (bicyclic) bond motifs is 1. The van der Waals surface area contributed by atoms with E-state index in [2.05, 4.69) is 25.9 Å². The van der Waals surface area contributed by atoms with Gasteiger partial charge >= 0.3 is 0 Å². The van der Waals surface area contributed by atoms with Crippen LogP contribution in [-0.4, -0.2) is 37.4 Å². The van der Waals surface area contributed by atoms with Crippen molar-refractivity contribution in [1.29, 1.82) is 0 Å². The average molecular weight is 433 g/mol. The highest BCUT2D eigenvalue weighted by molar-refractivity contribution is 7.99. The van der Waals surface area contributed by atoms with Gasteiger partial charge in [-0.3, -0.25) is 9.59 Å². The van der Waals surface area contributed by atoms with Crippen LogP contribution in [0.4, 0.5) is 11.4 Å². The summed E-state index contributed by atoms with van der Waals surface area (Å²) >= 11 is 1.25. The fourth-order valence-electron chi connectivity index (χ4n) is 2.94. The molecule has 0 aliphatic rings. The molecule has 4 rings (SSSR count). The van der Waals surface area contributed by atoms with E-state index >= 15 is 0 Å². The van der Waals surface area contributed by atoms with Crippen LogP contribution < -0.4 is 10.6 Å². The third kappa shape index (κ3) is 5.07. The van der Waals surface area contributed by atoms with Crippen LogP contribution in [0, 0.1) is 6.92 Å². The molecule has 4 aromatic rings. The van der Waals surface area contributed by atoms with Gasteiger partial charge in [0.15, 0.2) is 5.65 Å². The number of thioether (sulfide) groups is 1. The first-order chi connectivity index (χ1) is 15.0. The van der Waals surface area contributed by atoms with Gasteiger partial charge in [-0.25, -0.2) is 0 Å². The molecule has 0 unspecified atom stereocenters. The minimum atomic E-state index is -0.198. The Bertz CT molecular complexity index is 1250. The van der Waals surface area contributed by atoms with Crippen LogP contribution >= 0.6 is 11.8 Å². The maximum absolute atomic E-state index is 12.4. The normalized spacial score (nSPS) is 10.8. The summed E-state index contributed by atoms with van der Waals surface area (Å²) in [5, 5.41) is 19.0. The Balaban J connectivity index is 1.45. The zero-order valence-corrected chi connectivity index (χ0v) is 17.8. The summed E-state index contributed by atoms with van der Waals surface area (Å²) < 4.78 is 1.64. The molecule has 9 heteroatoms. The second kappa shape index (κ2) is 8.97. The molecular weight excluding hydrogens is 412 g/mol. The lowest BCUT2D eigenvalue weighted by molar-refractivity contribution is -0.114. The van der Waals surface area contributed by atoms with Crippen LogP contribution in [0.2, 0.25) is 0 Å². The van der Waals surface area contributed by atoms with Crippen LogP contribution in [0.5, 0.6) is 0 Å². The van der Waals surface area contributed by atoms with Gasteiger partial charge < -0.3 is 10.6 Å². The maximum atomic E-state index is 12.4. The third-order valence-electron chi connectivity index (χ3n) is 4.38. The van der Waals surface area contributed by atoms with E-state index in [4.69, 9.17) is 0 Å². The number of anilines is 2. The second-order valence-corrected chi connectivity index (χ2v) is 7.88. The Morgan fingerprint density at radius 1 is 0.968 bits per heavy atom. The summed E-state index contributed by atoms with van der Waals surface area (Å²) in [6.07, 6.45) is 0. The predicted molar refractivity (Wildman–Crippen MR) is 121 cm³/mol. The summed E-state index contributed by atoms with van der Waals surface area (Å²) in [6.45, 7) is 3.47. The van der Waals surface area contributed by atoms with Crippen molar-refractivity contribution >= 4 is 40.6 Å². The first-order valence-electron chi connectivity index (χ1n) is 9.58. The van der Waals surface area contributed by atoms with Crippen LogP contribution in [-0.2, 0) is 9.59 Å². The number of benzene rings is 2. The molecule has 0 radical (unpaired) electrons. The summed E-state index contributed by atoms with van der Waals surface area (Å²) in [5.74, 6) is -0.228. The Morgan fingerprint density at radius 3 is 2.45 bits per heavy atom. The lowest BCUT2D eigenvalue weighted by Crippen LogP contribution is -2.15. The van der Waals surface area contributed by atoms with Crippen molar-refractivity contribution in [2.75, 3.05) is 16.4 Å². The van der Waals surface area contributed by atoms with Crippen LogP contribution in [0.3, 0.4) is 0 Å². The van der Waals surface area contributed by atoms with E-state index in [0.717, 1.165) is 11.3 Å². The second-order valence-electron chi connectivity index (χ2n) is 6.94. The number of carbonyl (C=O) groups is 2. The number of carbonyl (C=O) groups excluding carboxylic acids is 2. The van der Waals surface area contributed by atoms with E-state index < -0.39 is 0 Å². The molecule has 31 heavy (non-hydrogen) atoms. The number of aryl methyl sites for hydroxylation is 1. The number of amides is 2. The van der Waals surface area contributed by atoms with Crippen molar-refractivity contribution in [2.45, 2.75) is 19.0 Å². The molecule has 0 saturated heterocycles. The van der Waals surface area contributed by atoms with Gasteiger partial charge in [0.05, 0.1) is 11.4 Å². The zero-order valence-electron chi connectivity index (χ0n) is 17.0. The fourth-order valence-corrected chi connectivity index (χ4v) is 3.63. The molecule has 8 nitrogen and oxygen atoms in total. The molecule has 156 valence electrons. The minimum absolute atomic E-state index is 0.140. The topological polar surface area (TPSA) is 101 Å². The lowest BCUT2D eigenvalue weighted by atomic mass is 10.1. The lowest BCUT2D eigenvalue weighted by Gasteiger charge is -2.07. The predicted octanol–water partition coefficient (Wildman–Crippen LogP) is 3.79. The molecule has 2 N–H and O–H groups in total. The highest BCUT2D eigenvalue weighted by Crippen LogP contribution is 2.22. The summed E-state index contributed by atoms with van der Waals surface area (Å²) in [5.41, 5.74) is 4.81. The van der Waals surface area contributed by atoms with Gasteiger partial charge in [-0.1, -0.05) is 47.7 Å². The zero-order chi connectivity index (χ0) is 21.8. The standard InChI is InChI=1S/C22H20N6O2S/c1-14-6-8-16(9-7-14)19-10-11-20-25-26-22(28(20)27-19)31-13-21(30)24-18-5-3-4-17(12-18)23-15(2)29/h3-12H,13H2,1-2H3,(H,23,29)(H,24,30). The summed E-state index contributed by atoms with van der Waals surface area (Å²) in [6, 6.07) is 18.8. The highest BCUT2D eigenvalue weighted by atomic mass is 32.2. The van der Waals surface area contributed by atoms with Crippen molar-refractivity contribution in [2.24, 2.45) is 0 Å². The maximum Gasteiger partial charge on any atom is 0.234 e. The van der Waals surface area contributed by atoms with Gasteiger partial charge in [0.1, 0.15) is 0 Å².